The Morgan fingerprint density at radius 1 is 1.46 bits per heavy atom. The summed E-state index contributed by atoms with van der Waals surface area (Å²) in [5.41, 5.74) is 6.50. The summed E-state index contributed by atoms with van der Waals surface area (Å²) in [6.07, 6.45) is 2.02. The fraction of sp³-hybridized carbons (Fsp3) is 0.562. The minimum Gasteiger partial charge on any atom is -0.495 e. The Hall–Kier alpha value is -0.830. The Balaban J connectivity index is 0.00000288. The van der Waals surface area contributed by atoms with Crippen LogP contribution in [-0.4, -0.2) is 25.5 Å². The van der Waals surface area contributed by atoms with E-state index in [-0.39, 0.29) is 48.7 Å². The first-order valence-electron chi connectivity index (χ1n) is 7.68. The summed E-state index contributed by atoms with van der Waals surface area (Å²) >= 11 is 6.03. The second-order valence-corrected chi connectivity index (χ2v) is 6.28. The number of nitrogens with two attached hydrogens (primary N) is 1. The van der Waals surface area contributed by atoms with Crippen LogP contribution in [0.25, 0.3) is 0 Å². The van der Waals surface area contributed by atoms with E-state index in [4.69, 9.17) is 22.1 Å². The van der Waals surface area contributed by atoms with E-state index in [0.29, 0.717) is 29.4 Å². The molecule has 1 fully saturated rings. The molecule has 8 heteroatoms. The van der Waals surface area contributed by atoms with E-state index in [1.807, 2.05) is 0 Å². The molecule has 1 unspecified atom stereocenters. The summed E-state index contributed by atoms with van der Waals surface area (Å²) in [6, 6.07) is 5.14. The van der Waals surface area contributed by atoms with E-state index in [2.05, 4.69) is 10.3 Å². The number of ether oxygens (including phenoxy) is 1. The number of anilines is 1. The average molecular weight is 474 g/mol. The molecule has 1 atom stereocenters. The minimum absolute atomic E-state index is 0. The lowest BCUT2D eigenvalue weighted by molar-refractivity contribution is -0.0241. The van der Waals surface area contributed by atoms with E-state index in [0.717, 1.165) is 12.8 Å². The molecular weight excluding hydrogens is 451 g/mol. The number of guanidine groups is 1. The van der Waals surface area contributed by atoms with Crippen LogP contribution in [0.15, 0.2) is 23.2 Å². The van der Waals surface area contributed by atoms with Crippen LogP contribution >= 0.6 is 35.6 Å². The zero-order chi connectivity index (χ0) is 16.9. The third-order valence-corrected chi connectivity index (χ3v) is 4.23. The predicted octanol–water partition coefficient (Wildman–Crippen LogP) is 4.91. The Kier molecular flexibility index (Phi) is 8.49. The zero-order valence-electron chi connectivity index (χ0n) is 13.5. The zero-order valence-corrected chi connectivity index (χ0v) is 16.6. The number of nitrogens with zero attached hydrogens (tertiary/aromatic N) is 1. The largest absolute Gasteiger partial charge is 0.495 e. The number of benzene rings is 1. The number of rotatable bonds is 4. The molecule has 1 aromatic carbocycles. The van der Waals surface area contributed by atoms with Crippen molar-refractivity contribution in [2.75, 3.05) is 19.0 Å². The van der Waals surface area contributed by atoms with Crippen LogP contribution in [0.5, 0.6) is 5.75 Å². The SMILES string of the molecule is COc1ccc(NC(N)=NCC2CCCCC(F)(F)C2)cc1Cl.I. The van der Waals surface area contributed by atoms with Crippen LogP contribution in [0.3, 0.4) is 0 Å². The molecular formula is C16H23ClF2IN3O. The van der Waals surface area contributed by atoms with Crippen LogP contribution in [0.2, 0.25) is 5.02 Å². The van der Waals surface area contributed by atoms with Gasteiger partial charge in [0.25, 0.3) is 0 Å². The summed E-state index contributed by atoms with van der Waals surface area (Å²) in [5, 5.41) is 3.36. The lowest BCUT2D eigenvalue weighted by Gasteiger charge is -2.18. The number of nitrogens with one attached hydrogen (secondary N) is 1. The maximum Gasteiger partial charge on any atom is 0.248 e. The Morgan fingerprint density at radius 3 is 2.88 bits per heavy atom. The van der Waals surface area contributed by atoms with Crippen molar-refractivity contribution in [2.24, 2.45) is 16.6 Å². The first kappa shape index (κ1) is 21.2. The monoisotopic (exact) mass is 473 g/mol. The molecule has 0 saturated heterocycles. The van der Waals surface area contributed by atoms with Gasteiger partial charge in [-0.1, -0.05) is 18.0 Å². The highest BCUT2D eigenvalue weighted by molar-refractivity contribution is 14.0. The van der Waals surface area contributed by atoms with Crippen molar-refractivity contribution in [3.05, 3.63) is 23.2 Å². The second kappa shape index (κ2) is 9.60. The van der Waals surface area contributed by atoms with Crippen molar-refractivity contribution >= 4 is 47.2 Å². The third kappa shape index (κ3) is 6.58. The molecule has 1 aliphatic rings. The normalized spacial score (nSPS) is 20.7. The molecule has 0 amide bonds. The lowest BCUT2D eigenvalue weighted by Crippen LogP contribution is -2.25. The standard InChI is InChI=1S/C16H22ClF2N3O.HI/c1-23-14-6-5-12(8-13(14)17)22-15(20)21-10-11-4-2-3-7-16(18,19)9-11;/h5-6,8,11H,2-4,7,9-10H2,1H3,(H3,20,21,22);1H. The summed E-state index contributed by atoms with van der Waals surface area (Å²) in [6.45, 7) is 0.304. The second-order valence-electron chi connectivity index (χ2n) is 5.87. The maximum absolute atomic E-state index is 13.6. The van der Waals surface area contributed by atoms with Gasteiger partial charge in [-0.05, 0) is 37.0 Å². The van der Waals surface area contributed by atoms with Crippen molar-refractivity contribution in [3.8, 4) is 5.75 Å². The van der Waals surface area contributed by atoms with Crippen molar-refractivity contribution in [3.63, 3.8) is 0 Å². The molecule has 136 valence electrons. The van der Waals surface area contributed by atoms with Gasteiger partial charge in [0.2, 0.25) is 5.92 Å². The van der Waals surface area contributed by atoms with Gasteiger partial charge in [0, 0.05) is 25.1 Å². The predicted molar refractivity (Wildman–Crippen MR) is 105 cm³/mol. The number of methoxy groups -OCH3 is 1. The fourth-order valence-corrected chi connectivity index (χ4v) is 3.02. The molecule has 0 bridgehead atoms. The van der Waals surface area contributed by atoms with Gasteiger partial charge in [0.05, 0.1) is 12.1 Å². The van der Waals surface area contributed by atoms with Gasteiger partial charge in [0.15, 0.2) is 5.96 Å². The first-order valence-corrected chi connectivity index (χ1v) is 8.06. The Morgan fingerprint density at radius 2 is 2.21 bits per heavy atom. The number of alkyl halides is 2. The van der Waals surface area contributed by atoms with Crippen molar-refractivity contribution in [1.29, 1.82) is 0 Å². The van der Waals surface area contributed by atoms with Crippen LogP contribution < -0.4 is 15.8 Å². The number of aliphatic imine (C=N–C) groups is 1. The van der Waals surface area contributed by atoms with Gasteiger partial charge in [-0.3, -0.25) is 4.99 Å². The van der Waals surface area contributed by atoms with Gasteiger partial charge in [-0.25, -0.2) is 8.78 Å². The highest BCUT2D eigenvalue weighted by Crippen LogP contribution is 2.35. The summed E-state index contributed by atoms with van der Waals surface area (Å²) in [4.78, 5) is 4.20. The van der Waals surface area contributed by atoms with E-state index < -0.39 is 5.92 Å². The van der Waals surface area contributed by atoms with Crippen molar-refractivity contribution in [1.82, 2.24) is 0 Å². The molecule has 0 radical (unpaired) electrons. The molecule has 4 nitrogen and oxygen atoms in total. The van der Waals surface area contributed by atoms with Gasteiger partial charge in [-0.15, -0.1) is 24.0 Å². The highest BCUT2D eigenvalue weighted by Gasteiger charge is 2.34. The summed E-state index contributed by atoms with van der Waals surface area (Å²) in [7, 11) is 1.53. The molecule has 0 spiro atoms. The highest BCUT2D eigenvalue weighted by atomic mass is 127. The molecule has 3 N–H and O–H groups in total. The summed E-state index contributed by atoms with van der Waals surface area (Å²) in [5.74, 6) is -1.96. The van der Waals surface area contributed by atoms with Gasteiger partial charge in [0.1, 0.15) is 5.75 Å². The summed E-state index contributed by atoms with van der Waals surface area (Å²) < 4.78 is 32.2. The van der Waals surface area contributed by atoms with Crippen LogP contribution in [0.1, 0.15) is 32.1 Å². The van der Waals surface area contributed by atoms with E-state index >= 15 is 0 Å². The molecule has 0 aliphatic heterocycles. The Bertz CT molecular complexity index is 572. The van der Waals surface area contributed by atoms with Crippen molar-refractivity contribution in [2.45, 2.75) is 38.0 Å². The van der Waals surface area contributed by atoms with Crippen molar-refractivity contribution < 1.29 is 13.5 Å². The number of hydrogen-bond donors (Lipinski definition) is 2. The first-order chi connectivity index (χ1) is 10.9. The lowest BCUT2D eigenvalue weighted by atomic mass is 9.99. The third-order valence-electron chi connectivity index (χ3n) is 3.94. The molecule has 2 rings (SSSR count). The number of hydrogen-bond acceptors (Lipinski definition) is 2. The minimum atomic E-state index is -2.58. The van der Waals surface area contributed by atoms with Crippen LogP contribution in [0, 0.1) is 5.92 Å². The Labute approximate surface area is 163 Å². The molecule has 1 aromatic rings. The fourth-order valence-electron chi connectivity index (χ4n) is 2.76. The molecule has 0 aromatic heterocycles. The molecule has 0 heterocycles. The molecule has 24 heavy (non-hydrogen) atoms. The topological polar surface area (TPSA) is 59.6 Å². The average Bonchev–Trinajstić information content (AvgIpc) is 2.66. The van der Waals surface area contributed by atoms with Crippen LogP contribution in [-0.2, 0) is 0 Å². The molecule has 1 saturated carbocycles. The quantitative estimate of drug-likeness (QED) is 0.283. The van der Waals surface area contributed by atoms with Gasteiger partial charge >= 0.3 is 0 Å². The van der Waals surface area contributed by atoms with E-state index in [9.17, 15) is 8.78 Å². The van der Waals surface area contributed by atoms with E-state index in [1.165, 1.54) is 7.11 Å². The number of halogens is 4. The van der Waals surface area contributed by atoms with Crippen LogP contribution in [0.4, 0.5) is 14.5 Å². The maximum atomic E-state index is 13.6. The van der Waals surface area contributed by atoms with Gasteiger partial charge in [-0.2, -0.15) is 0 Å². The molecule has 1 aliphatic carbocycles. The smallest absolute Gasteiger partial charge is 0.248 e. The van der Waals surface area contributed by atoms with Gasteiger partial charge < -0.3 is 15.8 Å². The van der Waals surface area contributed by atoms with E-state index in [1.54, 1.807) is 18.2 Å².